The van der Waals surface area contributed by atoms with Crippen molar-refractivity contribution in [3.63, 3.8) is 0 Å². The fourth-order valence-corrected chi connectivity index (χ4v) is 2.12. The molecule has 1 N–H and O–H groups in total. The molecule has 0 fully saturated rings. The lowest BCUT2D eigenvalue weighted by molar-refractivity contribution is 0.415. The Morgan fingerprint density at radius 2 is 2.10 bits per heavy atom. The van der Waals surface area contributed by atoms with E-state index < -0.39 is 5.82 Å². The van der Waals surface area contributed by atoms with Gasteiger partial charge in [-0.3, -0.25) is 0 Å². The van der Waals surface area contributed by atoms with E-state index >= 15 is 0 Å². The molecular weight excluding hydrogens is 323 g/mol. The maximum Gasteiger partial charge on any atom is 0.140 e. The maximum atomic E-state index is 13.2. The van der Waals surface area contributed by atoms with Crippen molar-refractivity contribution in [2.75, 3.05) is 12.4 Å². The molecule has 102 valence electrons. The molecule has 0 aliphatic heterocycles. The lowest BCUT2D eigenvalue weighted by Gasteiger charge is -2.10. The Kier molecular flexibility index (Phi) is 4.59. The second-order valence-corrected chi connectivity index (χ2v) is 4.98. The van der Waals surface area contributed by atoms with E-state index in [1.165, 1.54) is 12.1 Å². The van der Waals surface area contributed by atoms with E-state index in [0.29, 0.717) is 6.54 Å². The Hall–Kier alpha value is -2.06. The van der Waals surface area contributed by atoms with Gasteiger partial charge in [0, 0.05) is 17.1 Å². The number of nitrogens with one attached hydrogen (secondary N) is 1. The smallest absolute Gasteiger partial charge is 0.140 e. The molecule has 0 aliphatic carbocycles. The van der Waals surface area contributed by atoms with Crippen LogP contribution in [-0.4, -0.2) is 7.11 Å². The van der Waals surface area contributed by atoms with Crippen LogP contribution in [0, 0.1) is 17.1 Å². The Balaban J connectivity index is 2.15. The van der Waals surface area contributed by atoms with Gasteiger partial charge in [-0.05, 0) is 45.8 Å². The first-order chi connectivity index (χ1) is 9.63. The van der Waals surface area contributed by atoms with Crippen LogP contribution in [0.3, 0.4) is 0 Å². The Bertz CT molecular complexity index is 667. The minimum Gasteiger partial charge on any atom is -0.497 e. The Morgan fingerprint density at radius 1 is 1.30 bits per heavy atom. The second kappa shape index (κ2) is 6.40. The summed E-state index contributed by atoms with van der Waals surface area (Å²) in [5.74, 6) is 0.242. The topological polar surface area (TPSA) is 45.0 Å². The highest BCUT2D eigenvalue weighted by atomic mass is 79.9. The number of rotatable bonds is 4. The highest BCUT2D eigenvalue weighted by molar-refractivity contribution is 9.10. The molecule has 2 aromatic rings. The quantitative estimate of drug-likeness (QED) is 0.916. The van der Waals surface area contributed by atoms with Crippen molar-refractivity contribution in [1.82, 2.24) is 0 Å². The molecule has 0 aromatic heterocycles. The summed E-state index contributed by atoms with van der Waals surface area (Å²) in [5, 5.41) is 12.0. The third kappa shape index (κ3) is 3.28. The van der Waals surface area contributed by atoms with E-state index in [9.17, 15) is 4.39 Å². The summed E-state index contributed by atoms with van der Waals surface area (Å²) >= 11 is 3.44. The van der Waals surface area contributed by atoms with Crippen LogP contribution in [0.1, 0.15) is 11.1 Å². The summed E-state index contributed by atoms with van der Waals surface area (Å²) in [6.45, 7) is 0.487. The molecule has 0 heterocycles. The molecule has 0 unspecified atom stereocenters. The monoisotopic (exact) mass is 334 g/mol. The first-order valence-electron chi connectivity index (χ1n) is 5.90. The van der Waals surface area contributed by atoms with Crippen LogP contribution in [0.25, 0.3) is 0 Å². The fraction of sp³-hybridized carbons (Fsp3) is 0.133. The number of halogens is 2. The van der Waals surface area contributed by atoms with Gasteiger partial charge in [0.15, 0.2) is 0 Å². The summed E-state index contributed by atoms with van der Waals surface area (Å²) in [7, 11) is 1.60. The van der Waals surface area contributed by atoms with Gasteiger partial charge in [0.05, 0.1) is 18.4 Å². The van der Waals surface area contributed by atoms with Crippen molar-refractivity contribution in [2.45, 2.75) is 6.54 Å². The molecule has 2 rings (SSSR count). The summed E-state index contributed by atoms with van der Waals surface area (Å²) in [6.07, 6.45) is 0. The number of nitrogens with zero attached hydrogens (tertiary/aromatic N) is 1. The third-order valence-corrected chi connectivity index (χ3v) is 3.50. The first kappa shape index (κ1) is 14.4. The van der Waals surface area contributed by atoms with Crippen molar-refractivity contribution in [2.24, 2.45) is 0 Å². The number of methoxy groups -OCH3 is 1. The van der Waals surface area contributed by atoms with Crippen molar-refractivity contribution in [3.8, 4) is 11.8 Å². The molecule has 0 amide bonds. The number of nitriles is 1. The van der Waals surface area contributed by atoms with Crippen molar-refractivity contribution >= 4 is 21.6 Å². The molecule has 2 aromatic carbocycles. The highest BCUT2D eigenvalue weighted by Crippen LogP contribution is 2.27. The fourth-order valence-electron chi connectivity index (χ4n) is 1.73. The molecule has 5 heteroatoms. The average molecular weight is 335 g/mol. The molecule has 0 spiro atoms. The molecule has 0 saturated carbocycles. The average Bonchev–Trinajstić information content (AvgIpc) is 2.47. The number of anilines is 1. The highest BCUT2D eigenvalue weighted by Gasteiger charge is 2.05. The lowest BCUT2D eigenvalue weighted by Crippen LogP contribution is -2.01. The van der Waals surface area contributed by atoms with Crippen LogP contribution in [0.5, 0.6) is 5.75 Å². The van der Waals surface area contributed by atoms with Gasteiger partial charge in [0.1, 0.15) is 17.6 Å². The Labute approximate surface area is 125 Å². The summed E-state index contributed by atoms with van der Waals surface area (Å²) in [5.41, 5.74) is 1.75. The summed E-state index contributed by atoms with van der Waals surface area (Å²) in [4.78, 5) is 0. The van der Waals surface area contributed by atoms with Crippen molar-refractivity contribution in [1.29, 1.82) is 5.26 Å². The molecule has 0 bridgehead atoms. The molecule has 0 aliphatic rings. The standard InChI is InChI=1S/C15H12BrFN2O/c1-20-12-3-4-13(16)15(7-12)19-9-10-2-5-14(17)11(6-10)8-18/h2-7,19H,9H2,1H3. The van der Waals surface area contributed by atoms with Gasteiger partial charge in [0.25, 0.3) is 0 Å². The summed E-state index contributed by atoms with van der Waals surface area (Å²) < 4.78 is 19.3. The van der Waals surface area contributed by atoms with E-state index in [1.807, 2.05) is 24.3 Å². The number of benzene rings is 2. The minimum absolute atomic E-state index is 0.0500. The van der Waals surface area contributed by atoms with Gasteiger partial charge in [-0.15, -0.1) is 0 Å². The molecule has 20 heavy (non-hydrogen) atoms. The van der Waals surface area contributed by atoms with Crippen LogP contribution in [0.2, 0.25) is 0 Å². The van der Waals surface area contributed by atoms with Crippen molar-refractivity contribution < 1.29 is 9.13 Å². The number of hydrogen-bond donors (Lipinski definition) is 1. The van der Waals surface area contributed by atoms with Crippen LogP contribution < -0.4 is 10.1 Å². The Morgan fingerprint density at radius 3 is 2.80 bits per heavy atom. The number of ether oxygens (including phenoxy) is 1. The first-order valence-corrected chi connectivity index (χ1v) is 6.69. The van der Waals surface area contributed by atoms with Gasteiger partial charge in [-0.1, -0.05) is 6.07 Å². The number of hydrogen-bond acceptors (Lipinski definition) is 3. The van der Waals surface area contributed by atoms with Crippen LogP contribution >= 0.6 is 15.9 Å². The predicted octanol–water partition coefficient (Wildman–Crippen LogP) is 4.08. The normalized spacial score (nSPS) is 9.90. The van der Waals surface area contributed by atoms with Gasteiger partial charge in [-0.25, -0.2) is 4.39 Å². The van der Waals surface area contributed by atoms with E-state index in [2.05, 4.69) is 21.2 Å². The van der Waals surface area contributed by atoms with Crippen LogP contribution in [-0.2, 0) is 6.54 Å². The molecule has 0 saturated heterocycles. The van der Waals surface area contributed by atoms with E-state index in [0.717, 1.165) is 21.5 Å². The maximum absolute atomic E-state index is 13.2. The zero-order chi connectivity index (χ0) is 14.5. The van der Waals surface area contributed by atoms with Crippen LogP contribution in [0.4, 0.5) is 10.1 Å². The van der Waals surface area contributed by atoms with Crippen molar-refractivity contribution in [3.05, 3.63) is 57.8 Å². The van der Waals surface area contributed by atoms with E-state index in [-0.39, 0.29) is 5.56 Å². The lowest BCUT2D eigenvalue weighted by atomic mass is 10.1. The molecule has 3 nitrogen and oxygen atoms in total. The SMILES string of the molecule is COc1ccc(Br)c(NCc2ccc(F)c(C#N)c2)c1. The summed E-state index contributed by atoms with van der Waals surface area (Å²) in [6, 6.07) is 11.9. The van der Waals surface area contributed by atoms with Gasteiger partial charge < -0.3 is 10.1 Å². The van der Waals surface area contributed by atoms with E-state index in [1.54, 1.807) is 13.2 Å². The van der Waals surface area contributed by atoms with Gasteiger partial charge in [-0.2, -0.15) is 5.26 Å². The van der Waals surface area contributed by atoms with Gasteiger partial charge >= 0.3 is 0 Å². The zero-order valence-corrected chi connectivity index (χ0v) is 12.4. The largest absolute Gasteiger partial charge is 0.497 e. The van der Waals surface area contributed by atoms with E-state index in [4.69, 9.17) is 10.00 Å². The third-order valence-electron chi connectivity index (χ3n) is 2.81. The molecular formula is C15H12BrFN2O. The zero-order valence-electron chi connectivity index (χ0n) is 10.8. The second-order valence-electron chi connectivity index (χ2n) is 4.13. The van der Waals surface area contributed by atoms with Crippen LogP contribution in [0.15, 0.2) is 40.9 Å². The van der Waals surface area contributed by atoms with Gasteiger partial charge in [0.2, 0.25) is 0 Å². The molecule has 0 radical (unpaired) electrons. The minimum atomic E-state index is -0.501. The predicted molar refractivity (Wildman–Crippen MR) is 79.1 cm³/mol. The molecule has 0 atom stereocenters.